The SMILES string of the molecule is O=C(O)C[C@@H]1CC=CCCC(=O)N[C@@H](c2ccccc2)COC1=O. The van der Waals surface area contributed by atoms with Crippen LogP contribution in [0.15, 0.2) is 42.5 Å². The maximum Gasteiger partial charge on any atom is 0.309 e. The van der Waals surface area contributed by atoms with Crippen LogP contribution >= 0.6 is 0 Å². The number of amides is 1. The van der Waals surface area contributed by atoms with Gasteiger partial charge in [0.05, 0.1) is 18.4 Å². The number of carbonyl (C=O) groups is 3. The lowest BCUT2D eigenvalue weighted by Crippen LogP contribution is -2.33. The quantitative estimate of drug-likeness (QED) is 0.654. The minimum absolute atomic E-state index is 0.0194. The lowest BCUT2D eigenvalue weighted by molar-refractivity contribution is -0.153. The predicted molar refractivity (Wildman–Crippen MR) is 87.0 cm³/mol. The molecule has 1 aromatic rings. The first-order valence-corrected chi connectivity index (χ1v) is 7.94. The zero-order chi connectivity index (χ0) is 17.4. The minimum Gasteiger partial charge on any atom is -0.481 e. The van der Waals surface area contributed by atoms with Gasteiger partial charge in [-0.1, -0.05) is 42.5 Å². The Balaban J connectivity index is 2.15. The number of ether oxygens (including phenoxy) is 1. The fraction of sp³-hybridized carbons (Fsp3) is 0.389. The average molecular weight is 331 g/mol. The molecular weight excluding hydrogens is 310 g/mol. The van der Waals surface area contributed by atoms with E-state index in [0.29, 0.717) is 19.3 Å². The molecule has 0 saturated carbocycles. The number of hydrogen-bond donors (Lipinski definition) is 2. The highest BCUT2D eigenvalue weighted by molar-refractivity contribution is 5.79. The molecule has 128 valence electrons. The number of carboxylic acids is 1. The third-order valence-electron chi connectivity index (χ3n) is 3.81. The van der Waals surface area contributed by atoms with Crippen LogP contribution in [0.3, 0.4) is 0 Å². The van der Waals surface area contributed by atoms with E-state index < -0.39 is 23.9 Å². The van der Waals surface area contributed by atoms with Crippen LogP contribution in [0.1, 0.15) is 37.3 Å². The van der Waals surface area contributed by atoms with Crippen LogP contribution < -0.4 is 5.32 Å². The summed E-state index contributed by atoms with van der Waals surface area (Å²) in [5.41, 5.74) is 0.834. The molecule has 1 aromatic carbocycles. The van der Waals surface area contributed by atoms with Gasteiger partial charge in [-0.05, 0) is 18.4 Å². The summed E-state index contributed by atoms with van der Waals surface area (Å²) in [4.78, 5) is 35.1. The number of benzene rings is 1. The van der Waals surface area contributed by atoms with Crippen molar-refractivity contribution >= 4 is 17.8 Å². The Kier molecular flexibility index (Phi) is 6.54. The Morgan fingerprint density at radius 1 is 1.21 bits per heavy atom. The van der Waals surface area contributed by atoms with Gasteiger partial charge >= 0.3 is 11.9 Å². The first-order valence-electron chi connectivity index (χ1n) is 7.94. The standard InChI is InChI=1S/C18H21NO5/c20-16-10-6-2-5-9-14(11-17(21)22)18(23)24-12-15(19-16)13-7-3-1-4-8-13/h1-5,7-8,14-15H,6,9-12H2,(H,19,20)(H,21,22)/t14-,15+/m0/s1. The van der Waals surface area contributed by atoms with Gasteiger partial charge in [0.15, 0.2) is 0 Å². The molecule has 2 rings (SSSR count). The second-order valence-electron chi connectivity index (χ2n) is 5.70. The van der Waals surface area contributed by atoms with Crippen LogP contribution in [0.2, 0.25) is 0 Å². The van der Waals surface area contributed by atoms with Crippen LogP contribution in [-0.4, -0.2) is 29.6 Å². The molecule has 0 spiro atoms. The van der Waals surface area contributed by atoms with E-state index >= 15 is 0 Å². The molecule has 0 aromatic heterocycles. The van der Waals surface area contributed by atoms with Crippen LogP contribution in [0.4, 0.5) is 0 Å². The smallest absolute Gasteiger partial charge is 0.309 e. The van der Waals surface area contributed by atoms with Crippen molar-refractivity contribution in [3.8, 4) is 0 Å². The first-order chi connectivity index (χ1) is 11.6. The maximum absolute atomic E-state index is 12.2. The number of carbonyl (C=O) groups excluding carboxylic acids is 2. The number of cyclic esters (lactones) is 1. The molecular formula is C18H21NO5. The van der Waals surface area contributed by atoms with Gasteiger partial charge in [0, 0.05) is 6.42 Å². The summed E-state index contributed by atoms with van der Waals surface area (Å²) in [5, 5.41) is 11.8. The largest absolute Gasteiger partial charge is 0.481 e. The Bertz CT molecular complexity index is 611. The van der Waals surface area contributed by atoms with E-state index in [1.807, 2.05) is 30.3 Å². The topological polar surface area (TPSA) is 92.7 Å². The monoisotopic (exact) mass is 331 g/mol. The highest BCUT2D eigenvalue weighted by Crippen LogP contribution is 2.18. The van der Waals surface area contributed by atoms with Crippen molar-refractivity contribution in [2.45, 2.75) is 31.7 Å². The lowest BCUT2D eigenvalue weighted by Gasteiger charge is -2.21. The highest BCUT2D eigenvalue weighted by atomic mass is 16.5. The first kappa shape index (κ1) is 17.7. The van der Waals surface area contributed by atoms with Crippen LogP contribution in [-0.2, 0) is 19.1 Å². The van der Waals surface area contributed by atoms with E-state index in [2.05, 4.69) is 5.32 Å². The Hall–Kier alpha value is -2.63. The molecule has 1 heterocycles. The van der Waals surface area contributed by atoms with Gasteiger partial charge in [-0.25, -0.2) is 0 Å². The highest BCUT2D eigenvalue weighted by Gasteiger charge is 2.24. The van der Waals surface area contributed by atoms with E-state index in [-0.39, 0.29) is 18.9 Å². The van der Waals surface area contributed by atoms with E-state index in [1.165, 1.54) is 0 Å². The minimum atomic E-state index is -1.04. The molecule has 6 nitrogen and oxygen atoms in total. The normalized spacial score (nSPS) is 22.7. The molecule has 0 saturated heterocycles. The summed E-state index contributed by atoms with van der Waals surface area (Å²) < 4.78 is 5.29. The van der Waals surface area contributed by atoms with Crippen molar-refractivity contribution in [1.82, 2.24) is 5.32 Å². The molecule has 0 radical (unpaired) electrons. The zero-order valence-electron chi connectivity index (χ0n) is 13.3. The molecule has 24 heavy (non-hydrogen) atoms. The summed E-state index contributed by atoms with van der Waals surface area (Å²) in [7, 11) is 0. The second-order valence-corrected chi connectivity index (χ2v) is 5.70. The number of esters is 1. The Labute approximate surface area is 140 Å². The van der Waals surface area contributed by atoms with Gasteiger partial charge < -0.3 is 15.2 Å². The molecule has 0 unspecified atom stereocenters. The number of carboxylic acid groups (broad SMARTS) is 1. The molecule has 1 aliphatic heterocycles. The fourth-order valence-corrected chi connectivity index (χ4v) is 2.52. The summed E-state index contributed by atoms with van der Waals surface area (Å²) in [5.74, 6) is -2.43. The van der Waals surface area contributed by atoms with Gasteiger partial charge in [-0.15, -0.1) is 0 Å². The van der Waals surface area contributed by atoms with E-state index in [1.54, 1.807) is 12.2 Å². The number of nitrogens with one attached hydrogen (secondary N) is 1. The third-order valence-corrected chi connectivity index (χ3v) is 3.81. The van der Waals surface area contributed by atoms with Gasteiger partial charge in [0.25, 0.3) is 0 Å². The van der Waals surface area contributed by atoms with Crippen molar-refractivity contribution in [3.05, 3.63) is 48.0 Å². The van der Waals surface area contributed by atoms with Gasteiger partial charge in [0.1, 0.15) is 6.61 Å². The van der Waals surface area contributed by atoms with Crippen LogP contribution in [0, 0.1) is 5.92 Å². The molecule has 0 bridgehead atoms. The van der Waals surface area contributed by atoms with E-state index in [9.17, 15) is 14.4 Å². The van der Waals surface area contributed by atoms with Crippen molar-refractivity contribution in [3.63, 3.8) is 0 Å². The van der Waals surface area contributed by atoms with Crippen LogP contribution in [0.25, 0.3) is 0 Å². The van der Waals surface area contributed by atoms with Gasteiger partial charge in [-0.3, -0.25) is 14.4 Å². The zero-order valence-corrected chi connectivity index (χ0v) is 13.3. The van der Waals surface area contributed by atoms with Gasteiger partial charge in [0.2, 0.25) is 5.91 Å². The number of hydrogen-bond acceptors (Lipinski definition) is 4. The lowest BCUT2D eigenvalue weighted by atomic mass is 10.0. The van der Waals surface area contributed by atoms with Crippen molar-refractivity contribution in [2.24, 2.45) is 5.92 Å². The Morgan fingerprint density at radius 2 is 1.96 bits per heavy atom. The fourth-order valence-electron chi connectivity index (χ4n) is 2.52. The van der Waals surface area contributed by atoms with E-state index in [0.717, 1.165) is 5.56 Å². The van der Waals surface area contributed by atoms with Crippen molar-refractivity contribution in [1.29, 1.82) is 0 Å². The summed E-state index contributed by atoms with van der Waals surface area (Å²) in [6.45, 7) is -0.0194. The summed E-state index contributed by atoms with van der Waals surface area (Å²) in [6.07, 6.45) is 4.42. The molecule has 0 fully saturated rings. The predicted octanol–water partition coefficient (Wildman–Crippen LogP) is 2.22. The number of rotatable bonds is 3. The molecule has 1 amide bonds. The molecule has 6 heteroatoms. The molecule has 0 aliphatic carbocycles. The summed E-state index contributed by atoms with van der Waals surface area (Å²) in [6, 6.07) is 8.79. The third kappa shape index (κ3) is 5.53. The van der Waals surface area contributed by atoms with Gasteiger partial charge in [-0.2, -0.15) is 0 Å². The summed E-state index contributed by atoms with van der Waals surface area (Å²) >= 11 is 0. The second kappa shape index (κ2) is 8.86. The maximum atomic E-state index is 12.2. The average Bonchev–Trinajstić information content (AvgIpc) is 2.56. The van der Waals surface area contributed by atoms with Crippen LogP contribution in [0.5, 0.6) is 0 Å². The van der Waals surface area contributed by atoms with Crippen molar-refractivity contribution < 1.29 is 24.2 Å². The molecule has 1 aliphatic rings. The van der Waals surface area contributed by atoms with Crippen molar-refractivity contribution in [2.75, 3.05) is 6.61 Å². The molecule has 2 N–H and O–H groups in total. The number of aliphatic carboxylic acids is 1. The molecule has 2 atom stereocenters. The number of allylic oxidation sites excluding steroid dienone is 2. The Morgan fingerprint density at radius 3 is 2.67 bits per heavy atom. The van der Waals surface area contributed by atoms with E-state index in [4.69, 9.17) is 9.84 Å².